The highest BCUT2D eigenvalue weighted by Gasteiger charge is 2.25. The lowest BCUT2D eigenvalue weighted by molar-refractivity contribution is -0.384. The molecule has 128 valence electrons. The maximum atomic E-state index is 12.4. The van der Waals surface area contributed by atoms with Crippen LogP contribution in [0.15, 0.2) is 29.2 Å². The molecule has 1 aliphatic heterocycles. The van der Waals surface area contributed by atoms with Crippen molar-refractivity contribution in [3.8, 4) is 0 Å². The highest BCUT2D eigenvalue weighted by molar-refractivity contribution is 8.00. The fourth-order valence-electron chi connectivity index (χ4n) is 2.55. The summed E-state index contributed by atoms with van der Waals surface area (Å²) in [5.41, 5.74) is 0.0671. The molecular formula is C15H22ClN3O3S. The summed E-state index contributed by atoms with van der Waals surface area (Å²) in [7, 11) is 1.95. The monoisotopic (exact) mass is 359 g/mol. The number of carbonyl (C=O) groups excluding carboxylic acids is 1. The van der Waals surface area contributed by atoms with Crippen LogP contribution in [0.4, 0.5) is 5.69 Å². The Balaban J connectivity index is 0.00000264. The molecule has 6 nitrogen and oxygen atoms in total. The van der Waals surface area contributed by atoms with Crippen LogP contribution in [0.25, 0.3) is 0 Å². The number of nitrogens with zero attached hydrogens (tertiary/aromatic N) is 2. The lowest BCUT2D eigenvalue weighted by Gasteiger charge is -2.33. The quantitative estimate of drug-likeness (QED) is 0.497. The van der Waals surface area contributed by atoms with Crippen molar-refractivity contribution in [2.75, 3.05) is 20.1 Å². The average molecular weight is 360 g/mol. The third-order valence-electron chi connectivity index (χ3n) is 3.92. The number of halogens is 1. The van der Waals surface area contributed by atoms with Gasteiger partial charge in [-0.05, 0) is 38.9 Å². The standard InChI is InChI=1S/C15H21N3O3S.ClH/c1-11(15(19)17-9-7-12(16-2)8-10-17)22-14-5-3-13(4-6-14)18(20)21;/h3-6,11-12,16H,7-10H2,1-2H3;1H. The molecule has 0 aromatic heterocycles. The van der Waals surface area contributed by atoms with E-state index in [1.54, 1.807) is 12.1 Å². The van der Waals surface area contributed by atoms with Gasteiger partial charge in [0.1, 0.15) is 0 Å². The number of thioether (sulfide) groups is 1. The lowest BCUT2D eigenvalue weighted by atomic mass is 10.1. The second-order valence-electron chi connectivity index (χ2n) is 5.40. The van der Waals surface area contributed by atoms with Gasteiger partial charge in [0.05, 0.1) is 10.2 Å². The van der Waals surface area contributed by atoms with E-state index >= 15 is 0 Å². The van der Waals surface area contributed by atoms with E-state index in [4.69, 9.17) is 0 Å². The molecule has 1 atom stereocenters. The number of nitrogens with one attached hydrogen (secondary N) is 1. The van der Waals surface area contributed by atoms with Gasteiger partial charge < -0.3 is 10.2 Å². The topological polar surface area (TPSA) is 75.5 Å². The van der Waals surface area contributed by atoms with Crippen LogP contribution in [0.3, 0.4) is 0 Å². The molecule has 8 heteroatoms. The first-order valence-electron chi connectivity index (χ1n) is 7.38. The molecule has 23 heavy (non-hydrogen) atoms. The molecule has 0 saturated carbocycles. The van der Waals surface area contributed by atoms with E-state index in [-0.39, 0.29) is 29.3 Å². The van der Waals surface area contributed by atoms with Crippen molar-refractivity contribution in [3.05, 3.63) is 34.4 Å². The number of hydrogen-bond donors (Lipinski definition) is 1. The predicted octanol–water partition coefficient (Wildman–Crippen LogP) is 2.71. The molecule has 0 aliphatic carbocycles. The fraction of sp³-hybridized carbons (Fsp3) is 0.533. The van der Waals surface area contributed by atoms with Gasteiger partial charge in [0, 0.05) is 36.2 Å². The zero-order chi connectivity index (χ0) is 16.1. The predicted molar refractivity (Wildman–Crippen MR) is 94.3 cm³/mol. The van der Waals surface area contributed by atoms with Gasteiger partial charge in [0.15, 0.2) is 0 Å². The molecule has 1 saturated heterocycles. The fourth-order valence-corrected chi connectivity index (χ4v) is 3.50. The molecule has 1 unspecified atom stereocenters. The summed E-state index contributed by atoms with van der Waals surface area (Å²) >= 11 is 1.44. The largest absolute Gasteiger partial charge is 0.342 e. The van der Waals surface area contributed by atoms with Gasteiger partial charge in [-0.15, -0.1) is 24.2 Å². The van der Waals surface area contributed by atoms with E-state index < -0.39 is 4.92 Å². The Bertz CT molecular complexity index is 533. The van der Waals surface area contributed by atoms with Gasteiger partial charge in [-0.25, -0.2) is 0 Å². The molecule has 1 heterocycles. The van der Waals surface area contributed by atoms with Crippen LogP contribution >= 0.6 is 24.2 Å². The van der Waals surface area contributed by atoms with Gasteiger partial charge in [0.2, 0.25) is 5.91 Å². The number of piperidine rings is 1. The highest BCUT2D eigenvalue weighted by atomic mass is 35.5. The van der Waals surface area contributed by atoms with Crippen LogP contribution in [0.1, 0.15) is 19.8 Å². The number of non-ortho nitro benzene ring substituents is 1. The van der Waals surface area contributed by atoms with Crippen molar-refractivity contribution in [1.82, 2.24) is 10.2 Å². The van der Waals surface area contributed by atoms with E-state index in [1.807, 2.05) is 18.9 Å². The maximum Gasteiger partial charge on any atom is 0.269 e. The molecule has 0 spiro atoms. The summed E-state index contributed by atoms with van der Waals surface area (Å²) in [6.07, 6.45) is 1.97. The molecular weight excluding hydrogens is 338 g/mol. The summed E-state index contributed by atoms with van der Waals surface area (Å²) in [5, 5.41) is 13.7. The SMILES string of the molecule is CNC1CCN(C(=O)C(C)Sc2ccc([N+](=O)[O-])cc2)CC1.Cl. The van der Waals surface area contributed by atoms with E-state index in [9.17, 15) is 14.9 Å². The number of likely N-dealkylation sites (tertiary alicyclic amines) is 1. The average Bonchev–Trinajstić information content (AvgIpc) is 2.54. The molecule has 1 N–H and O–H groups in total. The number of amides is 1. The minimum Gasteiger partial charge on any atom is -0.342 e. The third kappa shape index (κ3) is 5.37. The van der Waals surface area contributed by atoms with Crippen molar-refractivity contribution in [1.29, 1.82) is 0 Å². The van der Waals surface area contributed by atoms with Crippen molar-refractivity contribution < 1.29 is 9.72 Å². The van der Waals surface area contributed by atoms with E-state index in [2.05, 4.69) is 5.32 Å². The maximum absolute atomic E-state index is 12.4. The Morgan fingerprint density at radius 3 is 2.39 bits per heavy atom. The number of hydrogen-bond acceptors (Lipinski definition) is 5. The first kappa shape index (κ1) is 19.7. The van der Waals surface area contributed by atoms with E-state index in [0.717, 1.165) is 30.8 Å². The van der Waals surface area contributed by atoms with Gasteiger partial charge in [0.25, 0.3) is 5.69 Å². The minimum atomic E-state index is -0.422. The zero-order valence-corrected chi connectivity index (χ0v) is 14.9. The van der Waals surface area contributed by atoms with Gasteiger partial charge in [-0.2, -0.15) is 0 Å². The van der Waals surface area contributed by atoms with Gasteiger partial charge in [-0.1, -0.05) is 0 Å². The Hall–Kier alpha value is -1.31. The smallest absolute Gasteiger partial charge is 0.269 e. The van der Waals surface area contributed by atoms with Crippen molar-refractivity contribution in [3.63, 3.8) is 0 Å². The molecule has 0 bridgehead atoms. The van der Waals surface area contributed by atoms with Crippen LogP contribution < -0.4 is 5.32 Å². The minimum absolute atomic E-state index is 0. The molecule has 1 aromatic carbocycles. The molecule has 1 amide bonds. The van der Waals surface area contributed by atoms with Crippen LogP contribution in [-0.2, 0) is 4.79 Å². The van der Waals surface area contributed by atoms with Crippen molar-refractivity contribution >= 4 is 35.8 Å². The van der Waals surface area contributed by atoms with Crippen molar-refractivity contribution in [2.24, 2.45) is 0 Å². The summed E-state index contributed by atoms with van der Waals surface area (Å²) < 4.78 is 0. The summed E-state index contributed by atoms with van der Waals surface area (Å²) in [5.74, 6) is 0.137. The van der Waals surface area contributed by atoms with Gasteiger partial charge in [-0.3, -0.25) is 14.9 Å². The molecule has 1 aliphatic rings. The zero-order valence-electron chi connectivity index (χ0n) is 13.2. The first-order chi connectivity index (χ1) is 10.5. The Labute approximate surface area is 146 Å². The molecule has 1 fully saturated rings. The first-order valence-corrected chi connectivity index (χ1v) is 8.26. The molecule has 0 radical (unpaired) electrons. The summed E-state index contributed by atoms with van der Waals surface area (Å²) in [6.45, 7) is 3.46. The number of carbonyl (C=O) groups is 1. The summed E-state index contributed by atoms with van der Waals surface area (Å²) in [6, 6.07) is 6.83. The second-order valence-corrected chi connectivity index (χ2v) is 6.81. The second kappa shape index (κ2) is 9.10. The van der Waals surface area contributed by atoms with Crippen LogP contribution in [0, 0.1) is 10.1 Å². The Morgan fingerprint density at radius 1 is 1.35 bits per heavy atom. The molecule has 2 rings (SSSR count). The third-order valence-corrected chi connectivity index (χ3v) is 5.02. The number of benzene rings is 1. The van der Waals surface area contributed by atoms with Crippen LogP contribution in [-0.4, -0.2) is 47.2 Å². The summed E-state index contributed by atoms with van der Waals surface area (Å²) in [4.78, 5) is 25.4. The lowest BCUT2D eigenvalue weighted by Crippen LogP contribution is -2.46. The number of nitro groups is 1. The number of nitro benzene ring substituents is 1. The molecule has 1 aromatic rings. The van der Waals surface area contributed by atoms with Crippen LogP contribution in [0.2, 0.25) is 0 Å². The number of rotatable bonds is 5. The normalized spacial score (nSPS) is 16.5. The van der Waals surface area contributed by atoms with Crippen molar-refractivity contribution in [2.45, 2.75) is 36.0 Å². The van der Waals surface area contributed by atoms with E-state index in [0.29, 0.717) is 6.04 Å². The van der Waals surface area contributed by atoms with E-state index in [1.165, 1.54) is 23.9 Å². The Morgan fingerprint density at radius 2 is 1.91 bits per heavy atom. The Kier molecular flexibility index (Phi) is 7.81. The highest BCUT2D eigenvalue weighted by Crippen LogP contribution is 2.27. The van der Waals surface area contributed by atoms with Gasteiger partial charge >= 0.3 is 0 Å². The van der Waals surface area contributed by atoms with Crippen LogP contribution in [0.5, 0.6) is 0 Å².